The van der Waals surface area contributed by atoms with Crippen molar-refractivity contribution in [1.29, 1.82) is 0 Å². The van der Waals surface area contributed by atoms with Crippen molar-refractivity contribution >= 4 is 0 Å². The van der Waals surface area contributed by atoms with Gasteiger partial charge in [-0.25, -0.2) is 0 Å². The van der Waals surface area contributed by atoms with Crippen LogP contribution in [0.3, 0.4) is 0 Å². The van der Waals surface area contributed by atoms with Crippen LogP contribution in [0.1, 0.15) is 136 Å². The Bertz CT molecular complexity index is 719. The van der Waals surface area contributed by atoms with Crippen LogP contribution in [-0.2, 0) is 0 Å². The number of hydrogen-bond donors (Lipinski definition) is 1. The highest BCUT2D eigenvalue weighted by molar-refractivity contribution is 5.33. The number of fused-ring (bicyclic) bond motifs is 1. The largest absolute Gasteiger partial charge is 0.331 e. The summed E-state index contributed by atoms with van der Waals surface area (Å²) in [6, 6.07) is 0. The maximum absolute atomic E-state index is 4.85. The molecule has 2 aliphatic rings. The van der Waals surface area contributed by atoms with Crippen LogP contribution in [0.25, 0.3) is 0 Å². The quantitative estimate of drug-likeness (QED) is 0.251. The second-order valence-electron chi connectivity index (χ2n) is 10.4. The van der Waals surface area contributed by atoms with E-state index >= 15 is 0 Å². The van der Waals surface area contributed by atoms with E-state index in [4.69, 9.17) is 5.73 Å². The molecule has 0 bridgehead atoms. The molecule has 5 atom stereocenters. The summed E-state index contributed by atoms with van der Waals surface area (Å²) < 4.78 is 0. The van der Waals surface area contributed by atoms with Gasteiger partial charge in [-0.1, -0.05) is 151 Å². The van der Waals surface area contributed by atoms with Gasteiger partial charge in [0.25, 0.3) is 0 Å². The van der Waals surface area contributed by atoms with E-state index in [0.29, 0.717) is 16.7 Å². The van der Waals surface area contributed by atoms with E-state index in [2.05, 4.69) is 91.2 Å². The molecule has 230 valence electrons. The van der Waals surface area contributed by atoms with Gasteiger partial charge in [-0.3, -0.25) is 0 Å². The Morgan fingerprint density at radius 2 is 1.38 bits per heavy atom. The van der Waals surface area contributed by atoms with Crippen molar-refractivity contribution in [2.24, 2.45) is 34.3 Å². The van der Waals surface area contributed by atoms with Gasteiger partial charge in [-0.2, -0.15) is 0 Å². The van der Waals surface area contributed by atoms with E-state index in [1.165, 1.54) is 42.4 Å². The molecule has 2 aliphatic carbocycles. The molecule has 0 aliphatic heterocycles. The summed E-state index contributed by atoms with van der Waals surface area (Å²) in [4.78, 5) is 0. The van der Waals surface area contributed by atoms with E-state index < -0.39 is 0 Å². The normalized spacial score (nSPS) is 27.7. The molecular weight excluding hydrogens is 470 g/mol. The highest BCUT2D eigenvalue weighted by atomic mass is 14.6. The summed E-state index contributed by atoms with van der Waals surface area (Å²) in [6.45, 7) is 41.1. The molecule has 2 N–H and O–H groups in total. The maximum atomic E-state index is 4.85. The van der Waals surface area contributed by atoms with Crippen molar-refractivity contribution in [1.82, 2.24) is 0 Å². The van der Waals surface area contributed by atoms with Crippen molar-refractivity contribution in [3.63, 3.8) is 0 Å². The lowest BCUT2D eigenvalue weighted by atomic mass is 9.53. The molecule has 2 saturated carbocycles. The van der Waals surface area contributed by atoms with Gasteiger partial charge < -0.3 is 5.73 Å². The smallest absolute Gasteiger partial charge is 0.00773 e. The van der Waals surface area contributed by atoms with E-state index in [1.807, 2.05) is 68.4 Å². The molecule has 0 aromatic heterocycles. The number of rotatable bonds is 7. The molecule has 0 aromatic rings. The third-order valence-corrected chi connectivity index (χ3v) is 7.67. The maximum Gasteiger partial charge on any atom is -0.00773 e. The third kappa shape index (κ3) is 15.7. The van der Waals surface area contributed by atoms with Crippen molar-refractivity contribution in [3.8, 4) is 0 Å². The Morgan fingerprint density at radius 1 is 0.923 bits per heavy atom. The second-order valence-corrected chi connectivity index (χ2v) is 10.4. The molecule has 2 fully saturated rings. The first kappa shape index (κ1) is 44.4. The van der Waals surface area contributed by atoms with Crippen LogP contribution in [-0.4, -0.2) is 6.54 Å². The summed E-state index contributed by atoms with van der Waals surface area (Å²) >= 11 is 0. The van der Waals surface area contributed by atoms with Crippen LogP contribution >= 0.6 is 0 Å². The van der Waals surface area contributed by atoms with E-state index in [0.717, 1.165) is 24.8 Å². The van der Waals surface area contributed by atoms with Crippen LogP contribution in [0.4, 0.5) is 0 Å². The molecule has 0 radical (unpaired) electrons. The lowest BCUT2D eigenvalue weighted by Crippen LogP contribution is -2.43. The summed E-state index contributed by atoms with van der Waals surface area (Å²) in [7, 11) is 0. The first-order valence-electron chi connectivity index (χ1n) is 16.3. The van der Waals surface area contributed by atoms with Crippen LogP contribution in [0.5, 0.6) is 0 Å². The topological polar surface area (TPSA) is 26.0 Å². The van der Waals surface area contributed by atoms with Crippen LogP contribution in [0.2, 0.25) is 0 Å². The predicted octanol–water partition coefficient (Wildman–Crippen LogP) is 12.7. The Hall–Kier alpha value is -1.60. The van der Waals surface area contributed by atoms with E-state index in [9.17, 15) is 0 Å². The van der Waals surface area contributed by atoms with Crippen molar-refractivity contribution in [2.45, 2.75) is 136 Å². The zero-order valence-corrected chi connectivity index (χ0v) is 29.5. The molecule has 1 heteroatoms. The highest BCUT2D eigenvalue weighted by Crippen LogP contribution is 2.64. The molecule has 5 unspecified atom stereocenters. The molecule has 0 saturated heterocycles. The summed E-state index contributed by atoms with van der Waals surface area (Å²) in [6.07, 6.45) is 21.5. The fourth-order valence-electron chi connectivity index (χ4n) is 5.85. The Labute approximate surface area is 248 Å². The Morgan fingerprint density at radius 3 is 1.82 bits per heavy atom. The summed E-state index contributed by atoms with van der Waals surface area (Å²) in [5.74, 6) is 2.14. The van der Waals surface area contributed by atoms with Crippen molar-refractivity contribution < 1.29 is 0 Å². The predicted molar refractivity (Wildman–Crippen MR) is 186 cm³/mol. The summed E-state index contributed by atoms with van der Waals surface area (Å²) in [5, 5.41) is 0. The lowest BCUT2D eigenvalue weighted by Gasteiger charge is -2.51. The molecular formula is C38H73N. The lowest BCUT2D eigenvalue weighted by molar-refractivity contribution is 0.0161. The van der Waals surface area contributed by atoms with Crippen LogP contribution in [0, 0.1) is 28.6 Å². The summed E-state index contributed by atoms with van der Waals surface area (Å²) in [5.41, 5.74) is 9.74. The zero-order valence-electron chi connectivity index (χ0n) is 29.5. The molecule has 0 heterocycles. The van der Waals surface area contributed by atoms with Crippen LogP contribution in [0.15, 0.2) is 72.4 Å². The van der Waals surface area contributed by atoms with Gasteiger partial charge in [-0.05, 0) is 85.8 Å². The first-order chi connectivity index (χ1) is 18.6. The fourth-order valence-corrected chi connectivity index (χ4v) is 5.85. The SMILES string of the molecule is C=CC\C=C/C=C(C)/C(C)=C/C=C/C1CC(C)(CC)CC2(C)C(=C)CC(C)C12.CC.CC.CC.CC.CCN. The average Bonchev–Trinajstić information content (AvgIpc) is 3.18. The van der Waals surface area contributed by atoms with Gasteiger partial charge in [-0.15, -0.1) is 6.58 Å². The number of allylic oxidation sites excluding steroid dienone is 10. The molecule has 2 rings (SSSR count). The van der Waals surface area contributed by atoms with Gasteiger partial charge in [0.05, 0.1) is 0 Å². The fraction of sp³-hybridized carbons (Fsp3) is 0.684. The molecule has 39 heavy (non-hydrogen) atoms. The number of nitrogens with two attached hydrogens (primary N) is 1. The molecule has 1 nitrogen and oxygen atoms in total. The molecule has 0 aromatic carbocycles. The van der Waals surface area contributed by atoms with E-state index in [-0.39, 0.29) is 0 Å². The van der Waals surface area contributed by atoms with Gasteiger partial charge in [0, 0.05) is 0 Å². The Balaban J connectivity index is -0.000000490. The first-order valence-corrected chi connectivity index (χ1v) is 16.3. The van der Waals surface area contributed by atoms with Crippen molar-refractivity contribution in [2.75, 3.05) is 6.54 Å². The monoisotopic (exact) mass is 544 g/mol. The second kappa shape index (κ2) is 26.6. The minimum absolute atomic E-state index is 0.307. The Kier molecular flexibility index (Phi) is 30.3. The van der Waals surface area contributed by atoms with Gasteiger partial charge in [0.15, 0.2) is 0 Å². The van der Waals surface area contributed by atoms with Gasteiger partial charge in [0.1, 0.15) is 0 Å². The number of hydrogen-bond acceptors (Lipinski definition) is 1. The molecule has 0 amide bonds. The van der Waals surface area contributed by atoms with Gasteiger partial charge >= 0.3 is 0 Å². The standard InChI is InChI=1S/C28H42.C2H7N.4C2H6/c1-9-11-12-13-15-21(3)22(4)16-14-17-25-19-27(7,10-2)20-28(8)24(6)18-23(5)26(25)28;1-2-3;4*1-2/h9,12-17,23,25-26H,1,6,10-11,18-20H2,2-5,7-8H3;2-3H2,1H3;4*1-2H3/b13-12-,17-14+,21-15+,22-16+;;;;;. The minimum atomic E-state index is 0.307. The van der Waals surface area contributed by atoms with Crippen molar-refractivity contribution in [3.05, 3.63) is 72.4 Å². The van der Waals surface area contributed by atoms with Crippen LogP contribution < -0.4 is 5.73 Å². The average molecular weight is 544 g/mol. The van der Waals surface area contributed by atoms with Gasteiger partial charge in [0.2, 0.25) is 0 Å². The van der Waals surface area contributed by atoms with E-state index in [1.54, 1.807) is 0 Å². The highest BCUT2D eigenvalue weighted by Gasteiger charge is 2.55. The zero-order chi connectivity index (χ0) is 31.7. The third-order valence-electron chi connectivity index (χ3n) is 7.67. The molecule has 0 spiro atoms. The minimum Gasteiger partial charge on any atom is -0.331 e.